The molecule has 0 aromatic carbocycles. The van der Waals surface area contributed by atoms with Gasteiger partial charge >= 0.3 is 5.97 Å². The van der Waals surface area contributed by atoms with Gasteiger partial charge in [0.15, 0.2) is 0 Å². The number of epoxide rings is 1. The highest BCUT2D eigenvalue weighted by molar-refractivity contribution is 5.69. The number of unbranched alkanes of at least 4 members (excludes halogenated alkanes) is 9. The topological polar surface area (TPSA) is 160 Å². The van der Waals surface area contributed by atoms with Crippen molar-refractivity contribution in [3.8, 4) is 0 Å². The summed E-state index contributed by atoms with van der Waals surface area (Å²) in [4.78, 5) is 11.8. The van der Waals surface area contributed by atoms with E-state index in [9.17, 15) is 30.3 Å². The van der Waals surface area contributed by atoms with Crippen LogP contribution < -0.4 is 0 Å². The molecular weight excluding hydrogens is 432 g/mol. The molecule has 0 saturated carbocycles. The van der Waals surface area contributed by atoms with Crippen molar-refractivity contribution in [2.75, 3.05) is 6.61 Å². The summed E-state index contributed by atoms with van der Waals surface area (Å²) in [5.41, 5.74) is 0. The molecule has 0 spiro atoms. The molecule has 9 nitrogen and oxygen atoms in total. The molecule has 6 N–H and O–H groups in total. The average molecular weight is 479 g/mol. The molecule has 0 aromatic rings. The first-order chi connectivity index (χ1) is 15.8. The van der Waals surface area contributed by atoms with Crippen LogP contribution >= 0.6 is 0 Å². The van der Waals surface area contributed by atoms with Crippen molar-refractivity contribution in [3.63, 3.8) is 0 Å². The lowest BCUT2D eigenvalue weighted by molar-refractivity contribution is -0.213. The fourth-order valence-corrected chi connectivity index (χ4v) is 3.93. The Morgan fingerprint density at radius 1 is 0.758 bits per heavy atom. The average Bonchev–Trinajstić information content (AvgIpc) is 3.56. The van der Waals surface area contributed by atoms with Crippen LogP contribution in [0, 0.1) is 0 Å². The predicted molar refractivity (Wildman–Crippen MR) is 122 cm³/mol. The van der Waals surface area contributed by atoms with E-state index in [2.05, 4.69) is 11.7 Å². The van der Waals surface area contributed by atoms with Crippen LogP contribution in [0.5, 0.6) is 0 Å². The van der Waals surface area contributed by atoms with Crippen LogP contribution in [0.25, 0.3) is 0 Å². The van der Waals surface area contributed by atoms with Gasteiger partial charge < -0.3 is 40.1 Å². The maximum Gasteiger partial charge on any atom is 0.308 e. The fraction of sp³-hybridized carbons (Fsp3) is 0.958. The van der Waals surface area contributed by atoms with Crippen LogP contribution in [0.15, 0.2) is 0 Å². The van der Waals surface area contributed by atoms with Gasteiger partial charge in [-0.2, -0.15) is 0 Å². The molecule has 33 heavy (non-hydrogen) atoms. The molecular formula is C24H46O9. The Morgan fingerprint density at radius 3 is 1.82 bits per heavy atom. The molecule has 0 amide bonds. The third kappa shape index (κ3) is 13.0. The molecule has 3 unspecified atom stereocenters. The molecule has 1 aliphatic heterocycles. The Kier molecular flexibility index (Phi) is 16.1. The normalized spacial score (nSPS) is 22.4. The Balaban J connectivity index is 1.99. The van der Waals surface area contributed by atoms with Crippen molar-refractivity contribution in [2.45, 2.75) is 140 Å². The van der Waals surface area contributed by atoms with E-state index >= 15 is 0 Å². The molecule has 0 radical (unpaired) electrons. The molecule has 1 heterocycles. The largest absolute Gasteiger partial charge is 0.433 e. The number of aliphatic hydroxyl groups is 6. The molecule has 1 aliphatic rings. The number of ether oxygens (including phenoxy) is 2. The van der Waals surface area contributed by atoms with Crippen LogP contribution in [-0.2, 0) is 14.3 Å². The predicted octanol–water partition coefficient (Wildman–Crippen LogP) is 1.53. The van der Waals surface area contributed by atoms with Gasteiger partial charge in [0.1, 0.15) is 24.4 Å². The molecule has 0 aliphatic carbocycles. The third-order valence-electron chi connectivity index (χ3n) is 6.22. The summed E-state index contributed by atoms with van der Waals surface area (Å²) in [6, 6.07) is 0. The van der Waals surface area contributed by atoms with Gasteiger partial charge in [-0.15, -0.1) is 0 Å². The molecule has 1 fully saturated rings. The third-order valence-corrected chi connectivity index (χ3v) is 6.22. The standard InChI is InChI=1S/C24H46O9/c1-2-3-4-5-7-10-13-18-19(32-18)14-11-8-6-9-12-15-20(27)33-24(31)23(30)22(29)21(28)17(26)16-25/h17-19,21-26,28-31H,2-16H2,1H3/t17-,18?,19?,21-,22+,23-,24?/m1/s1. The summed E-state index contributed by atoms with van der Waals surface area (Å²) < 4.78 is 10.4. The van der Waals surface area contributed by atoms with Crippen LogP contribution in [0.3, 0.4) is 0 Å². The van der Waals surface area contributed by atoms with E-state index in [1.807, 2.05) is 0 Å². The molecule has 1 rings (SSSR count). The van der Waals surface area contributed by atoms with Crippen molar-refractivity contribution in [2.24, 2.45) is 0 Å². The number of hydrogen-bond acceptors (Lipinski definition) is 9. The highest BCUT2D eigenvalue weighted by Gasteiger charge is 2.37. The Bertz CT molecular complexity index is 504. The lowest BCUT2D eigenvalue weighted by Gasteiger charge is -2.28. The Morgan fingerprint density at radius 2 is 1.27 bits per heavy atom. The number of hydrogen-bond donors (Lipinski definition) is 6. The summed E-state index contributed by atoms with van der Waals surface area (Å²) in [6.45, 7) is 1.39. The molecule has 0 bridgehead atoms. The second-order valence-corrected chi connectivity index (χ2v) is 9.18. The van der Waals surface area contributed by atoms with Gasteiger partial charge in [-0.25, -0.2) is 0 Å². The molecule has 0 aromatic heterocycles. The van der Waals surface area contributed by atoms with Crippen molar-refractivity contribution in [1.29, 1.82) is 0 Å². The van der Waals surface area contributed by atoms with Gasteiger partial charge in [-0.1, -0.05) is 71.1 Å². The highest BCUT2D eigenvalue weighted by Crippen LogP contribution is 2.31. The van der Waals surface area contributed by atoms with E-state index in [-0.39, 0.29) is 6.42 Å². The molecule has 9 heteroatoms. The van der Waals surface area contributed by atoms with Gasteiger partial charge in [0.2, 0.25) is 6.29 Å². The second kappa shape index (κ2) is 17.6. The van der Waals surface area contributed by atoms with Gasteiger partial charge in [0, 0.05) is 6.42 Å². The fourth-order valence-electron chi connectivity index (χ4n) is 3.93. The number of carbonyl (C=O) groups excluding carboxylic acids is 1. The van der Waals surface area contributed by atoms with Crippen molar-refractivity contribution in [3.05, 3.63) is 0 Å². The molecule has 1 saturated heterocycles. The minimum absolute atomic E-state index is 0.0633. The number of aliphatic hydroxyl groups excluding tert-OH is 6. The van der Waals surface area contributed by atoms with E-state index < -0.39 is 43.3 Å². The van der Waals surface area contributed by atoms with Gasteiger partial charge in [0.05, 0.1) is 18.8 Å². The highest BCUT2D eigenvalue weighted by atomic mass is 16.6. The summed E-state index contributed by atoms with van der Waals surface area (Å²) in [5.74, 6) is -0.727. The van der Waals surface area contributed by atoms with Crippen LogP contribution in [0.2, 0.25) is 0 Å². The Hall–Kier alpha value is -0.810. The van der Waals surface area contributed by atoms with E-state index in [0.29, 0.717) is 18.6 Å². The number of carbonyl (C=O) groups is 1. The van der Waals surface area contributed by atoms with E-state index in [4.69, 9.17) is 9.84 Å². The van der Waals surface area contributed by atoms with Crippen molar-refractivity contribution < 1.29 is 44.9 Å². The van der Waals surface area contributed by atoms with Gasteiger partial charge in [-0.05, 0) is 19.3 Å². The first kappa shape index (κ1) is 30.2. The summed E-state index contributed by atoms with van der Waals surface area (Å²) in [6.07, 6.45) is 6.00. The lowest BCUT2D eigenvalue weighted by Crippen LogP contribution is -2.50. The first-order valence-electron chi connectivity index (χ1n) is 12.7. The maximum atomic E-state index is 11.8. The number of rotatable bonds is 21. The lowest BCUT2D eigenvalue weighted by atomic mass is 10.0. The summed E-state index contributed by atoms with van der Waals surface area (Å²) in [7, 11) is 0. The van der Waals surface area contributed by atoms with Crippen molar-refractivity contribution >= 4 is 5.97 Å². The zero-order valence-corrected chi connectivity index (χ0v) is 20.1. The zero-order chi connectivity index (χ0) is 24.6. The SMILES string of the molecule is CCCCCCCCC1OC1CCCCCCCC(=O)OC(O)[C@H](O)[C@@H](O)[C@H](O)[C@H](O)CO. The van der Waals surface area contributed by atoms with Crippen molar-refractivity contribution in [1.82, 2.24) is 0 Å². The minimum atomic E-state index is -2.05. The Labute approximate surface area is 197 Å². The quantitative estimate of drug-likeness (QED) is 0.0622. The maximum absolute atomic E-state index is 11.8. The summed E-state index contributed by atoms with van der Waals surface area (Å²) in [5, 5.41) is 56.6. The van der Waals surface area contributed by atoms with E-state index in [1.54, 1.807) is 0 Å². The van der Waals surface area contributed by atoms with Crippen LogP contribution in [0.1, 0.15) is 96.8 Å². The minimum Gasteiger partial charge on any atom is -0.433 e. The number of esters is 1. The van der Waals surface area contributed by atoms with Gasteiger partial charge in [-0.3, -0.25) is 4.79 Å². The van der Waals surface area contributed by atoms with E-state index in [1.165, 1.54) is 44.9 Å². The monoisotopic (exact) mass is 478 g/mol. The summed E-state index contributed by atoms with van der Waals surface area (Å²) >= 11 is 0. The zero-order valence-electron chi connectivity index (χ0n) is 20.1. The van der Waals surface area contributed by atoms with Crippen LogP contribution in [-0.4, -0.2) is 86.1 Å². The van der Waals surface area contributed by atoms with E-state index in [0.717, 1.165) is 32.1 Å². The first-order valence-corrected chi connectivity index (χ1v) is 12.7. The molecule has 196 valence electrons. The second-order valence-electron chi connectivity index (χ2n) is 9.18. The smallest absolute Gasteiger partial charge is 0.308 e. The van der Waals surface area contributed by atoms with Gasteiger partial charge in [0.25, 0.3) is 0 Å². The van der Waals surface area contributed by atoms with Crippen LogP contribution in [0.4, 0.5) is 0 Å². The molecule has 7 atom stereocenters.